The molecule has 3 heterocycles. The van der Waals surface area contributed by atoms with Crippen molar-refractivity contribution in [2.45, 2.75) is 18.8 Å². The van der Waals surface area contributed by atoms with Crippen LogP contribution in [0.3, 0.4) is 0 Å². The van der Waals surface area contributed by atoms with Gasteiger partial charge in [-0.25, -0.2) is 0 Å². The van der Waals surface area contributed by atoms with Gasteiger partial charge in [0.1, 0.15) is 0 Å². The zero-order valence-electron chi connectivity index (χ0n) is 9.29. The Labute approximate surface area is 90.1 Å². The summed E-state index contributed by atoms with van der Waals surface area (Å²) in [7, 11) is 2.15. The van der Waals surface area contributed by atoms with Crippen LogP contribution in [0.1, 0.15) is 17.7 Å². The van der Waals surface area contributed by atoms with Gasteiger partial charge in [0.15, 0.2) is 0 Å². The van der Waals surface area contributed by atoms with Crippen molar-refractivity contribution in [3.63, 3.8) is 0 Å². The van der Waals surface area contributed by atoms with Crippen molar-refractivity contribution in [2.24, 2.45) is 0 Å². The lowest BCUT2D eigenvalue weighted by Crippen LogP contribution is -2.52. The fourth-order valence-electron chi connectivity index (χ4n) is 2.50. The highest BCUT2D eigenvalue weighted by molar-refractivity contribution is 5.57. The Morgan fingerprint density at radius 2 is 2.27 bits per heavy atom. The number of hydrogen-bond acceptors (Lipinski definition) is 3. The topological polar surface area (TPSA) is 25.4 Å². The molecule has 0 unspecified atom stereocenters. The number of anilines is 1. The van der Waals surface area contributed by atoms with Gasteiger partial charge >= 0.3 is 0 Å². The first-order valence-corrected chi connectivity index (χ1v) is 5.47. The molecule has 1 aromatic rings. The van der Waals surface area contributed by atoms with Crippen LogP contribution in [0.25, 0.3) is 0 Å². The summed E-state index contributed by atoms with van der Waals surface area (Å²) in [5.74, 6) is 0. The van der Waals surface area contributed by atoms with Crippen LogP contribution >= 0.6 is 0 Å². The molecule has 0 radical (unpaired) electrons. The molecule has 1 spiro atoms. The van der Waals surface area contributed by atoms with Gasteiger partial charge in [0.25, 0.3) is 0 Å². The standard InChI is InChI=1S/C12H16N2O/c1-9-5-10-11(13-6-9)12(7-15-8-12)3-4-14(10)2/h5-6H,3-4,7-8H2,1-2H3. The van der Waals surface area contributed by atoms with Crippen LogP contribution < -0.4 is 4.90 Å². The highest BCUT2D eigenvalue weighted by Crippen LogP contribution is 2.43. The van der Waals surface area contributed by atoms with Crippen LogP contribution in [-0.4, -0.2) is 31.8 Å². The molecule has 0 aliphatic carbocycles. The van der Waals surface area contributed by atoms with Crippen molar-refractivity contribution < 1.29 is 4.74 Å². The van der Waals surface area contributed by atoms with E-state index < -0.39 is 0 Å². The Kier molecular flexibility index (Phi) is 1.80. The summed E-state index contributed by atoms with van der Waals surface area (Å²) in [5.41, 5.74) is 4.01. The van der Waals surface area contributed by atoms with Gasteiger partial charge < -0.3 is 9.64 Å². The summed E-state index contributed by atoms with van der Waals surface area (Å²) < 4.78 is 5.38. The van der Waals surface area contributed by atoms with Crippen LogP contribution in [0.4, 0.5) is 5.69 Å². The molecule has 3 heteroatoms. The third kappa shape index (κ3) is 1.19. The van der Waals surface area contributed by atoms with Gasteiger partial charge in [0.2, 0.25) is 0 Å². The third-order valence-corrected chi connectivity index (χ3v) is 3.60. The first-order valence-electron chi connectivity index (χ1n) is 5.47. The largest absolute Gasteiger partial charge is 0.379 e. The van der Waals surface area contributed by atoms with E-state index in [1.54, 1.807) is 0 Å². The number of pyridine rings is 1. The van der Waals surface area contributed by atoms with Crippen LogP contribution in [0.5, 0.6) is 0 Å². The van der Waals surface area contributed by atoms with Gasteiger partial charge in [-0.15, -0.1) is 0 Å². The van der Waals surface area contributed by atoms with Crippen LogP contribution in [0.2, 0.25) is 0 Å². The molecule has 0 amide bonds. The Balaban J connectivity index is 2.13. The lowest BCUT2D eigenvalue weighted by Gasteiger charge is -2.47. The highest BCUT2D eigenvalue weighted by Gasteiger charge is 2.45. The van der Waals surface area contributed by atoms with Crippen molar-refractivity contribution in [3.05, 3.63) is 23.5 Å². The van der Waals surface area contributed by atoms with Gasteiger partial charge in [0.05, 0.1) is 30.0 Å². The molecule has 80 valence electrons. The number of rotatable bonds is 0. The number of aromatic nitrogens is 1. The number of nitrogens with zero attached hydrogens (tertiary/aromatic N) is 2. The molecule has 0 saturated carbocycles. The maximum Gasteiger partial charge on any atom is 0.0745 e. The van der Waals surface area contributed by atoms with E-state index in [0.29, 0.717) is 0 Å². The number of ether oxygens (including phenoxy) is 1. The molecule has 2 aliphatic rings. The zero-order chi connectivity index (χ0) is 10.5. The first kappa shape index (κ1) is 9.16. The second-order valence-electron chi connectivity index (χ2n) is 4.83. The minimum Gasteiger partial charge on any atom is -0.379 e. The number of hydrogen-bond donors (Lipinski definition) is 0. The predicted octanol–water partition coefficient (Wildman–Crippen LogP) is 1.50. The summed E-state index contributed by atoms with van der Waals surface area (Å²) in [6, 6.07) is 2.24. The fourth-order valence-corrected chi connectivity index (χ4v) is 2.50. The molecule has 0 atom stereocenters. The van der Waals surface area contributed by atoms with Gasteiger partial charge in [-0.3, -0.25) is 4.98 Å². The molecule has 0 aromatic carbocycles. The average molecular weight is 204 g/mol. The molecule has 0 N–H and O–H groups in total. The Morgan fingerprint density at radius 3 is 2.93 bits per heavy atom. The second-order valence-corrected chi connectivity index (χ2v) is 4.83. The Morgan fingerprint density at radius 1 is 1.47 bits per heavy atom. The summed E-state index contributed by atoms with van der Waals surface area (Å²) >= 11 is 0. The Bertz CT molecular complexity index is 399. The van der Waals surface area contributed by atoms with Crippen LogP contribution in [0.15, 0.2) is 12.3 Å². The van der Waals surface area contributed by atoms with E-state index >= 15 is 0 Å². The molecular formula is C12H16N2O. The minimum atomic E-state index is 0.232. The highest BCUT2D eigenvalue weighted by atomic mass is 16.5. The third-order valence-electron chi connectivity index (χ3n) is 3.60. The number of aryl methyl sites for hydroxylation is 1. The molecule has 3 rings (SSSR count). The van der Waals surface area contributed by atoms with Crippen molar-refractivity contribution >= 4 is 5.69 Å². The molecule has 3 nitrogen and oxygen atoms in total. The molecular weight excluding hydrogens is 188 g/mol. The van der Waals surface area contributed by atoms with Crippen LogP contribution in [0, 0.1) is 6.92 Å². The first-order chi connectivity index (χ1) is 7.21. The maximum absolute atomic E-state index is 5.38. The summed E-state index contributed by atoms with van der Waals surface area (Å²) in [6.45, 7) is 4.91. The van der Waals surface area contributed by atoms with Gasteiger partial charge in [0, 0.05) is 19.8 Å². The SMILES string of the molecule is Cc1cnc2c(c1)N(C)CCC21COC1. The van der Waals surface area contributed by atoms with Gasteiger partial charge in [-0.05, 0) is 25.0 Å². The molecule has 1 saturated heterocycles. The molecule has 0 bridgehead atoms. The average Bonchev–Trinajstić information content (AvgIpc) is 2.17. The van der Waals surface area contributed by atoms with Crippen molar-refractivity contribution in [1.29, 1.82) is 0 Å². The Hall–Kier alpha value is -1.09. The lowest BCUT2D eigenvalue weighted by molar-refractivity contribution is -0.0671. The van der Waals surface area contributed by atoms with Gasteiger partial charge in [-0.1, -0.05) is 0 Å². The van der Waals surface area contributed by atoms with E-state index in [1.165, 1.54) is 23.4 Å². The summed E-state index contributed by atoms with van der Waals surface area (Å²) in [6.07, 6.45) is 3.14. The van der Waals surface area contributed by atoms with E-state index in [-0.39, 0.29) is 5.41 Å². The smallest absolute Gasteiger partial charge is 0.0745 e. The minimum absolute atomic E-state index is 0.232. The van der Waals surface area contributed by atoms with E-state index in [9.17, 15) is 0 Å². The summed E-state index contributed by atoms with van der Waals surface area (Å²) in [5, 5.41) is 0. The van der Waals surface area contributed by atoms with E-state index in [4.69, 9.17) is 4.74 Å². The van der Waals surface area contributed by atoms with E-state index in [0.717, 1.165) is 19.8 Å². The quantitative estimate of drug-likeness (QED) is 0.640. The predicted molar refractivity (Wildman–Crippen MR) is 59.4 cm³/mol. The van der Waals surface area contributed by atoms with Crippen LogP contribution in [-0.2, 0) is 10.2 Å². The van der Waals surface area contributed by atoms with E-state index in [2.05, 4.69) is 29.9 Å². The van der Waals surface area contributed by atoms with E-state index in [1.807, 2.05) is 6.20 Å². The zero-order valence-corrected chi connectivity index (χ0v) is 9.29. The lowest BCUT2D eigenvalue weighted by atomic mass is 9.75. The normalized spacial score (nSPS) is 22.4. The second kappa shape index (κ2) is 2.95. The molecule has 1 fully saturated rings. The van der Waals surface area contributed by atoms with Crippen molar-refractivity contribution in [1.82, 2.24) is 4.98 Å². The monoisotopic (exact) mass is 204 g/mol. The molecule has 2 aliphatic heterocycles. The molecule has 15 heavy (non-hydrogen) atoms. The summed E-state index contributed by atoms with van der Waals surface area (Å²) in [4.78, 5) is 6.93. The number of fused-ring (bicyclic) bond motifs is 2. The maximum atomic E-state index is 5.38. The van der Waals surface area contributed by atoms with Crippen molar-refractivity contribution in [3.8, 4) is 0 Å². The van der Waals surface area contributed by atoms with Crippen molar-refractivity contribution in [2.75, 3.05) is 31.7 Å². The van der Waals surface area contributed by atoms with Gasteiger partial charge in [-0.2, -0.15) is 0 Å². The fraction of sp³-hybridized carbons (Fsp3) is 0.583. The molecule has 1 aromatic heterocycles.